The second kappa shape index (κ2) is 9.95. The lowest BCUT2D eigenvalue weighted by Crippen LogP contribution is -2.43. The Morgan fingerprint density at radius 1 is 1.00 bits per heavy atom. The Kier molecular flexibility index (Phi) is 8.60. The van der Waals surface area contributed by atoms with E-state index in [1.807, 2.05) is 6.07 Å². The van der Waals surface area contributed by atoms with E-state index < -0.39 is 8.80 Å². The fourth-order valence-corrected chi connectivity index (χ4v) is 4.23. The quantitative estimate of drug-likeness (QED) is 0.629. The van der Waals surface area contributed by atoms with Gasteiger partial charge in [-0.05, 0) is 25.0 Å². The average molecular weight is 311 g/mol. The Labute approximate surface area is 130 Å². The molecule has 0 heterocycles. The van der Waals surface area contributed by atoms with Gasteiger partial charge in [-0.1, -0.05) is 38.0 Å². The Morgan fingerprint density at radius 3 is 2.14 bits per heavy atom. The van der Waals surface area contributed by atoms with Crippen LogP contribution >= 0.6 is 0 Å². The van der Waals surface area contributed by atoms with Crippen LogP contribution in [0.2, 0.25) is 6.04 Å². The van der Waals surface area contributed by atoms with Crippen LogP contribution in [0.4, 0.5) is 5.69 Å². The summed E-state index contributed by atoms with van der Waals surface area (Å²) in [7, 11) is 2.54. The molecule has 0 fully saturated rings. The number of hydrogen-bond acceptors (Lipinski definition) is 4. The maximum absolute atomic E-state index is 5.51. The normalized spacial score (nSPS) is 13.1. The summed E-state index contributed by atoms with van der Waals surface area (Å²) in [6.07, 6.45) is 4.55. The third-order valence-electron chi connectivity index (χ3n) is 3.78. The summed E-state index contributed by atoms with van der Waals surface area (Å²) in [5, 5.41) is 3.61. The molecule has 0 aliphatic rings. The van der Waals surface area contributed by atoms with Crippen molar-refractivity contribution >= 4 is 14.5 Å². The van der Waals surface area contributed by atoms with E-state index in [2.05, 4.69) is 36.5 Å². The predicted octanol–water partition coefficient (Wildman–Crippen LogP) is 3.93. The molecule has 0 saturated carbocycles. The smallest absolute Gasteiger partial charge is 0.382 e. The molecule has 0 amide bonds. The van der Waals surface area contributed by atoms with Crippen molar-refractivity contribution < 1.29 is 13.3 Å². The molecule has 1 unspecified atom stereocenters. The number of rotatable bonds is 11. The largest absolute Gasteiger partial charge is 0.500 e. The van der Waals surface area contributed by atoms with Gasteiger partial charge < -0.3 is 18.6 Å². The van der Waals surface area contributed by atoms with E-state index >= 15 is 0 Å². The first-order valence-electron chi connectivity index (χ1n) is 7.66. The van der Waals surface area contributed by atoms with Crippen molar-refractivity contribution in [3.05, 3.63) is 30.3 Å². The maximum Gasteiger partial charge on any atom is 0.500 e. The van der Waals surface area contributed by atoms with Gasteiger partial charge in [0.15, 0.2) is 0 Å². The van der Waals surface area contributed by atoms with Gasteiger partial charge in [0.2, 0.25) is 0 Å². The fourth-order valence-electron chi connectivity index (χ4n) is 2.42. The topological polar surface area (TPSA) is 39.7 Å². The van der Waals surface area contributed by atoms with Crippen LogP contribution in [0.15, 0.2) is 30.3 Å². The molecule has 120 valence electrons. The van der Waals surface area contributed by atoms with Crippen LogP contribution in [0.1, 0.15) is 32.6 Å². The lowest BCUT2D eigenvalue weighted by atomic mass is 10.1. The fraction of sp³-hybridized carbons (Fsp3) is 0.625. The Hall–Kier alpha value is -0.883. The summed E-state index contributed by atoms with van der Waals surface area (Å²) in [6.45, 7) is 2.22. The average Bonchev–Trinajstić information content (AvgIpc) is 2.55. The molecule has 0 bridgehead atoms. The number of unbranched alkanes of at least 4 members (excludes halogenated alkanes) is 1. The van der Waals surface area contributed by atoms with Crippen molar-refractivity contribution in [1.82, 2.24) is 0 Å². The molecule has 0 saturated heterocycles. The molecule has 1 rings (SSSR count). The minimum atomic E-state index is -2.48. The summed E-state index contributed by atoms with van der Waals surface area (Å²) < 4.78 is 16.5. The van der Waals surface area contributed by atoms with E-state index in [4.69, 9.17) is 13.3 Å². The minimum Gasteiger partial charge on any atom is -0.382 e. The second-order valence-corrected chi connectivity index (χ2v) is 8.27. The van der Waals surface area contributed by atoms with Gasteiger partial charge in [-0.15, -0.1) is 0 Å². The molecule has 0 radical (unpaired) electrons. The van der Waals surface area contributed by atoms with E-state index in [1.165, 1.54) is 12.8 Å². The Bertz CT molecular complexity index is 363. The van der Waals surface area contributed by atoms with Crippen molar-refractivity contribution in [2.45, 2.75) is 44.7 Å². The molecular formula is C16H29NO3Si. The zero-order valence-electron chi connectivity index (χ0n) is 13.7. The number of nitrogens with one attached hydrogen (secondary N) is 1. The molecule has 4 nitrogen and oxygen atoms in total. The van der Waals surface area contributed by atoms with Gasteiger partial charge in [-0.2, -0.15) is 0 Å². The number of anilines is 1. The second-order valence-electron chi connectivity index (χ2n) is 5.18. The Morgan fingerprint density at radius 2 is 1.62 bits per heavy atom. The first kappa shape index (κ1) is 18.2. The molecule has 1 aromatic rings. The highest BCUT2D eigenvalue weighted by atomic mass is 28.4. The van der Waals surface area contributed by atoms with Crippen LogP contribution in [0, 0.1) is 0 Å². The summed E-state index contributed by atoms with van der Waals surface area (Å²) in [6, 6.07) is 11.6. The lowest BCUT2D eigenvalue weighted by molar-refractivity contribution is 0.122. The highest BCUT2D eigenvalue weighted by molar-refractivity contribution is 6.60. The van der Waals surface area contributed by atoms with Crippen LogP contribution < -0.4 is 5.32 Å². The van der Waals surface area contributed by atoms with E-state index in [9.17, 15) is 0 Å². The molecular weight excluding hydrogens is 282 g/mol. The van der Waals surface area contributed by atoms with E-state index in [0.717, 1.165) is 24.6 Å². The van der Waals surface area contributed by atoms with Gasteiger partial charge in [0.25, 0.3) is 0 Å². The van der Waals surface area contributed by atoms with Gasteiger partial charge in [0.05, 0.1) is 0 Å². The minimum absolute atomic E-state index is 0.416. The molecule has 0 spiro atoms. The van der Waals surface area contributed by atoms with Gasteiger partial charge in [-0.3, -0.25) is 0 Å². The van der Waals surface area contributed by atoms with Crippen LogP contribution in [0.25, 0.3) is 0 Å². The van der Waals surface area contributed by atoms with Crippen molar-refractivity contribution in [1.29, 1.82) is 0 Å². The molecule has 1 atom stereocenters. The zero-order chi connectivity index (χ0) is 15.6. The number of benzene rings is 1. The predicted molar refractivity (Wildman–Crippen MR) is 89.6 cm³/mol. The third kappa shape index (κ3) is 6.18. The van der Waals surface area contributed by atoms with E-state index in [1.54, 1.807) is 21.3 Å². The molecule has 0 aromatic heterocycles. The van der Waals surface area contributed by atoms with Crippen LogP contribution in [-0.4, -0.2) is 36.2 Å². The van der Waals surface area contributed by atoms with Crippen molar-refractivity contribution in [3.63, 3.8) is 0 Å². The molecule has 0 aliphatic heterocycles. The van der Waals surface area contributed by atoms with Gasteiger partial charge >= 0.3 is 8.80 Å². The Balaban J connectivity index is 2.61. The highest BCUT2D eigenvalue weighted by Gasteiger charge is 2.37. The summed E-state index contributed by atoms with van der Waals surface area (Å²) >= 11 is 0. The van der Waals surface area contributed by atoms with Crippen molar-refractivity contribution in [2.24, 2.45) is 0 Å². The number of hydrogen-bond donors (Lipinski definition) is 1. The zero-order valence-corrected chi connectivity index (χ0v) is 14.7. The van der Waals surface area contributed by atoms with Gasteiger partial charge in [-0.25, -0.2) is 0 Å². The summed E-state index contributed by atoms with van der Waals surface area (Å²) in [5.41, 5.74) is 1.16. The van der Waals surface area contributed by atoms with Crippen LogP contribution in [-0.2, 0) is 13.3 Å². The molecule has 1 N–H and O–H groups in total. The number of para-hydroxylation sites is 1. The van der Waals surface area contributed by atoms with Crippen LogP contribution in [0.5, 0.6) is 0 Å². The van der Waals surface area contributed by atoms with Crippen LogP contribution in [0.3, 0.4) is 0 Å². The monoisotopic (exact) mass is 311 g/mol. The van der Waals surface area contributed by atoms with E-state index in [-0.39, 0.29) is 0 Å². The van der Waals surface area contributed by atoms with Crippen molar-refractivity contribution in [3.8, 4) is 0 Å². The molecule has 1 aromatic carbocycles. The van der Waals surface area contributed by atoms with Gasteiger partial charge in [0.1, 0.15) is 0 Å². The molecule has 5 heteroatoms. The molecule has 21 heavy (non-hydrogen) atoms. The summed E-state index contributed by atoms with van der Waals surface area (Å²) in [4.78, 5) is 0. The third-order valence-corrected chi connectivity index (χ3v) is 6.55. The first-order valence-corrected chi connectivity index (χ1v) is 9.60. The standard InChI is InChI=1S/C16H29NO3Si/c1-5-6-10-16(17-15-11-8-7-9-12-15)13-14-21(18-2,19-3)20-4/h7-9,11-12,16-17H,5-6,10,13-14H2,1-4H3. The SMILES string of the molecule is CCCCC(CC[Si](OC)(OC)OC)Nc1ccccc1. The van der Waals surface area contributed by atoms with Gasteiger partial charge in [0, 0.05) is 39.1 Å². The summed E-state index contributed by atoms with van der Waals surface area (Å²) in [5.74, 6) is 0. The van der Waals surface area contributed by atoms with E-state index in [0.29, 0.717) is 6.04 Å². The first-order chi connectivity index (χ1) is 10.2. The lowest BCUT2D eigenvalue weighted by Gasteiger charge is -2.27. The molecule has 0 aliphatic carbocycles. The highest BCUT2D eigenvalue weighted by Crippen LogP contribution is 2.21. The maximum atomic E-state index is 5.51. The van der Waals surface area contributed by atoms with Crippen molar-refractivity contribution in [2.75, 3.05) is 26.6 Å².